The smallest absolute Gasteiger partial charge is 0.0731 e. The van der Waals surface area contributed by atoms with Gasteiger partial charge in [0.25, 0.3) is 0 Å². The molecule has 102 valence electrons. The molecule has 18 heavy (non-hydrogen) atoms. The van der Waals surface area contributed by atoms with Crippen LogP contribution in [0.3, 0.4) is 0 Å². The summed E-state index contributed by atoms with van der Waals surface area (Å²) >= 11 is 12.0. The van der Waals surface area contributed by atoms with Gasteiger partial charge in [-0.25, -0.2) is 0 Å². The van der Waals surface area contributed by atoms with E-state index in [9.17, 15) is 0 Å². The van der Waals surface area contributed by atoms with Crippen LogP contribution in [-0.2, 0) is 11.3 Å². The third-order valence-corrected chi connectivity index (χ3v) is 3.68. The Hall–Kier alpha value is 0.01000. The van der Waals surface area contributed by atoms with Crippen LogP contribution in [0.25, 0.3) is 0 Å². The summed E-state index contributed by atoms with van der Waals surface area (Å²) in [6.45, 7) is 3.56. The molecule has 1 N–H and O–H groups in total. The summed E-state index contributed by atoms with van der Waals surface area (Å²) in [4.78, 5) is 0. The average molecular weight is 311 g/mol. The Balaban J connectivity index is 0.00000162. The lowest BCUT2D eigenvalue weighted by atomic mass is 9.99. The minimum atomic E-state index is 0. The van der Waals surface area contributed by atoms with Crippen LogP contribution in [-0.4, -0.2) is 19.7 Å². The third kappa shape index (κ3) is 4.94. The van der Waals surface area contributed by atoms with E-state index in [1.807, 2.05) is 12.1 Å². The van der Waals surface area contributed by atoms with Gasteiger partial charge < -0.3 is 10.1 Å². The van der Waals surface area contributed by atoms with Gasteiger partial charge in [0.15, 0.2) is 0 Å². The number of nitrogens with one attached hydrogen (secondary N) is 1. The van der Waals surface area contributed by atoms with Crippen molar-refractivity contribution in [1.29, 1.82) is 0 Å². The Morgan fingerprint density at radius 1 is 1.22 bits per heavy atom. The van der Waals surface area contributed by atoms with Gasteiger partial charge in [-0.1, -0.05) is 23.2 Å². The Morgan fingerprint density at radius 2 is 1.94 bits per heavy atom. The van der Waals surface area contributed by atoms with E-state index < -0.39 is 0 Å². The first-order chi connectivity index (χ1) is 8.25. The highest BCUT2D eigenvalue weighted by molar-refractivity contribution is 6.33. The van der Waals surface area contributed by atoms with Crippen molar-refractivity contribution in [3.05, 3.63) is 33.8 Å². The van der Waals surface area contributed by atoms with Crippen LogP contribution in [0.5, 0.6) is 0 Å². The molecule has 0 bridgehead atoms. The molecule has 1 aliphatic heterocycles. The number of halogens is 3. The summed E-state index contributed by atoms with van der Waals surface area (Å²) in [5.74, 6) is 0.675. The first-order valence-corrected chi connectivity index (χ1v) is 6.73. The third-order valence-electron chi connectivity index (χ3n) is 3.08. The van der Waals surface area contributed by atoms with E-state index in [-0.39, 0.29) is 12.4 Å². The quantitative estimate of drug-likeness (QED) is 0.910. The largest absolute Gasteiger partial charge is 0.376 e. The van der Waals surface area contributed by atoms with Crippen molar-refractivity contribution in [2.24, 2.45) is 5.92 Å². The van der Waals surface area contributed by atoms with Gasteiger partial charge in [-0.15, -0.1) is 12.4 Å². The fraction of sp³-hybridized carbons (Fsp3) is 0.538. The SMILES string of the molecule is Cl.Clc1ccc(Cl)c(COCC2CCNCC2)c1. The highest BCUT2D eigenvalue weighted by atomic mass is 35.5. The van der Waals surface area contributed by atoms with Gasteiger partial charge >= 0.3 is 0 Å². The van der Waals surface area contributed by atoms with E-state index in [0.717, 1.165) is 30.3 Å². The molecule has 5 heteroatoms. The predicted octanol–water partition coefficient (Wildman–Crippen LogP) is 3.93. The van der Waals surface area contributed by atoms with E-state index in [0.29, 0.717) is 17.5 Å². The van der Waals surface area contributed by atoms with Gasteiger partial charge in [-0.05, 0) is 55.6 Å². The highest BCUT2D eigenvalue weighted by Crippen LogP contribution is 2.22. The number of piperidine rings is 1. The van der Waals surface area contributed by atoms with Crippen molar-refractivity contribution < 1.29 is 4.74 Å². The summed E-state index contributed by atoms with van der Waals surface area (Å²) in [5.41, 5.74) is 0.966. The molecule has 0 unspecified atom stereocenters. The van der Waals surface area contributed by atoms with Crippen LogP contribution < -0.4 is 5.32 Å². The van der Waals surface area contributed by atoms with Crippen molar-refractivity contribution in [3.63, 3.8) is 0 Å². The molecular weight excluding hydrogens is 293 g/mol. The first-order valence-electron chi connectivity index (χ1n) is 5.98. The molecule has 1 aromatic carbocycles. The maximum Gasteiger partial charge on any atom is 0.0731 e. The van der Waals surface area contributed by atoms with Crippen molar-refractivity contribution in [3.8, 4) is 0 Å². The van der Waals surface area contributed by atoms with E-state index in [1.54, 1.807) is 6.07 Å². The van der Waals surface area contributed by atoms with E-state index >= 15 is 0 Å². The molecule has 1 fully saturated rings. The zero-order valence-electron chi connectivity index (χ0n) is 10.1. The number of hydrogen-bond donors (Lipinski definition) is 1. The van der Waals surface area contributed by atoms with Crippen molar-refractivity contribution in [1.82, 2.24) is 5.32 Å². The van der Waals surface area contributed by atoms with Gasteiger partial charge in [0.2, 0.25) is 0 Å². The highest BCUT2D eigenvalue weighted by Gasteiger charge is 2.13. The second kappa shape index (κ2) is 8.23. The number of benzene rings is 1. The van der Waals surface area contributed by atoms with E-state index in [1.165, 1.54) is 12.8 Å². The van der Waals surface area contributed by atoms with Crippen molar-refractivity contribution in [2.75, 3.05) is 19.7 Å². The molecule has 1 aliphatic rings. The lowest BCUT2D eigenvalue weighted by Crippen LogP contribution is -2.29. The molecule has 0 amide bonds. The molecule has 2 rings (SSSR count). The molecule has 0 aromatic heterocycles. The fourth-order valence-corrected chi connectivity index (χ4v) is 2.40. The molecule has 1 saturated heterocycles. The van der Waals surface area contributed by atoms with Crippen molar-refractivity contribution in [2.45, 2.75) is 19.4 Å². The molecule has 0 spiro atoms. The van der Waals surface area contributed by atoms with E-state index in [4.69, 9.17) is 27.9 Å². The first kappa shape index (κ1) is 16.1. The summed E-state index contributed by atoms with van der Waals surface area (Å²) in [6.07, 6.45) is 2.40. The molecule has 2 nitrogen and oxygen atoms in total. The van der Waals surface area contributed by atoms with E-state index in [2.05, 4.69) is 5.32 Å². The van der Waals surface area contributed by atoms with Gasteiger partial charge in [0.05, 0.1) is 6.61 Å². The molecule has 0 saturated carbocycles. The van der Waals surface area contributed by atoms with Crippen LogP contribution in [0.2, 0.25) is 10.0 Å². The van der Waals surface area contributed by atoms with Crippen molar-refractivity contribution >= 4 is 35.6 Å². The van der Waals surface area contributed by atoms with Gasteiger partial charge in [-0.2, -0.15) is 0 Å². The number of ether oxygens (including phenoxy) is 1. The molecule has 0 atom stereocenters. The average Bonchev–Trinajstić information content (AvgIpc) is 2.35. The topological polar surface area (TPSA) is 21.3 Å². The van der Waals surface area contributed by atoms with Gasteiger partial charge in [0, 0.05) is 16.7 Å². The maximum atomic E-state index is 6.07. The number of hydrogen-bond acceptors (Lipinski definition) is 2. The minimum absolute atomic E-state index is 0. The van der Waals surface area contributed by atoms with Crippen LogP contribution in [0, 0.1) is 5.92 Å². The monoisotopic (exact) mass is 309 g/mol. The predicted molar refractivity (Wildman–Crippen MR) is 79.0 cm³/mol. The Labute approximate surface area is 124 Å². The zero-order chi connectivity index (χ0) is 12.1. The Bertz CT molecular complexity index is 367. The van der Waals surface area contributed by atoms with Crippen LogP contribution in [0.15, 0.2) is 18.2 Å². The van der Waals surface area contributed by atoms with Crippen LogP contribution in [0.1, 0.15) is 18.4 Å². The zero-order valence-corrected chi connectivity index (χ0v) is 12.5. The normalized spacial score (nSPS) is 16.3. The molecule has 1 heterocycles. The summed E-state index contributed by atoms with van der Waals surface area (Å²) in [5, 5.41) is 4.77. The second-order valence-corrected chi connectivity index (χ2v) is 5.29. The minimum Gasteiger partial charge on any atom is -0.376 e. The standard InChI is InChI=1S/C13H17Cl2NO.ClH/c14-12-1-2-13(15)11(7-12)9-17-8-10-3-5-16-6-4-10;/h1-2,7,10,16H,3-6,8-9H2;1H. The molecular formula is C13H18Cl3NO. The Kier molecular flexibility index (Phi) is 7.35. The summed E-state index contributed by atoms with van der Waals surface area (Å²) in [6, 6.07) is 5.47. The molecule has 0 radical (unpaired) electrons. The fourth-order valence-electron chi connectivity index (χ4n) is 2.04. The van der Waals surface area contributed by atoms with Gasteiger partial charge in [-0.3, -0.25) is 0 Å². The van der Waals surface area contributed by atoms with Crippen LogP contribution in [0.4, 0.5) is 0 Å². The van der Waals surface area contributed by atoms with Crippen LogP contribution >= 0.6 is 35.6 Å². The Morgan fingerprint density at radius 3 is 2.67 bits per heavy atom. The second-order valence-electron chi connectivity index (χ2n) is 4.44. The molecule has 1 aromatic rings. The maximum absolute atomic E-state index is 6.07. The summed E-state index contributed by atoms with van der Waals surface area (Å²) in [7, 11) is 0. The molecule has 0 aliphatic carbocycles. The summed E-state index contributed by atoms with van der Waals surface area (Å²) < 4.78 is 5.72. The lowest BCUT2D eigenvalue weighted by molar-refractivity contribution is 0.0764. The van der Waals surface area contributed by atoms with Gasteiger partial charge in [0.1, 0.15) is 0 Å². The number of rotatable bonds is 4. The lowest BCUT2D eigenvalue weighted by Gasteiger charge is -2.22.